The van der Waals surface area contributed by atoms with Gasteiger partial charge in [-0.2, -0.15) is 0 Å². The van der Waals surface area contributed by atoms with Crippen LogP contribution in [0.1, 0.15) is 15.9 Å². The number of anilines is 2. The normalized spacial score (nSPS) is 14.6. The molecule has 0 saturated carbocycles. The third-order valence-electron chi connectivity index (χ3n) is 4.40. The average Bonchev–Trinajstić information content (AvgIpc) is 3.08. The summed E-state index contributed by atoms with van der Waals surface area (Å²) in [5.41, 5.74) is 2.53. The van der Waals surface area contributed by atoms with Gasteiger partial charge in [0.15, 0.2) is 5.13 Å². The molecule has 2 N–H and O–H groups in total. The number of aromatic hydroxyl groups is 1. The van der Waals surface area contributed by atoms with Crippen LogP contribution in [0.5, 0.6) is 5.75 Å². The van der Waals surface area contributed by atoms with Gasteiger partial charge in [0.1, 0.15) is 5.75 Å². The Morgan fingerprint density at radius 3 is 2.88 bits per heavy atom. The van der Waals surface area contributed by atoms with Crippen LogP contribution >= 0.6 is 11.3 Å². The number of amides is 1. The minimum absolute atomic E-state index is 0.0125. The fraction of sp³-hybridized carbons (Fsp3) is 0.263. The Hall–Kier alpha value is -2.64. The number of fused-ring (bicyclic) bond motifs is 1. The summed E-state index contributed by atoms with van der Waals surface area (Å²) in [5, 5.41) is 13.9. The highest BCUT2D eigenvalue weighted by molar-refractivity contribution is 7.22. The number of hydrogen-bond acceptors (Lipinski definition) is 6. The first-order chi connectivity index (χ1) is 12.6. The van der Waals surface area contributed by atoms with Crippen molar-refractivity contribution in [2.45, 2.75) is 6.92 Å². The van der Waals surface area contributed by atoms with Crippen molar-refractivity contribution in [3.63, 3.8) is 0 Å². The molecule has 134 valence electrons. The van der Waals surface area contributed by atoms with Gasteiger partial charge in [0.05, 0.1) is 29.0 Å². The van der Waals surface area contributed by atoms with Crippen LogP contribution in [-0.2, 0) is 4.74 Å². The Kier molecular flexibility index (Phi) is 4.48. The molecule has 1 aliphatic rings. The molecule has 1 aliphatic heterocycles. The highest BCUT2D eigenvalue weighted by Crippen LogP contribution is 2.31. The summed E-state index contributed by atoms with van der Waals surface area (Å²) in [7, 11) is 0. The summed E-state index contributed by atoms with van der Waals surface area (Å²) < 4.78 is 6.40. The number of carbonyl (C=O) groups is 1. The number of para-hydroxylation sites is 1. The van der Waals surface area contributed by atoms with Crippen LogP contribution in [0.2, 0.25) is 0 Å². The quantitative estimate of drug-likeness (QED) is 0.740. The second-order valence-electron chi connectivity index (χ2n) is 6.20. The predicted molar refractivity (Wildman–Crippen MR) is 103 cm³/mol. The first-order valence-electron chi connectivity index (χ1n) is 8.45. The topological polar surface area (TPSA) is 74.7 Å². The van der Waals surface area contributed by atoms with Gasteiger partial charge in [-0.3, -0.25) is 4.79 Å². The molecule has 0 bridgehead atoms. The lowest BCUT2D eigenvalue weighted by molar-refractivity contribution is 0.102. The molecule has 0 unspecified atom stereocenters. The number of nitrogens with one attached hydrogen (secondary N) is 1. The van der Waals surface area contributed by atoms with Gasteiger partial charge in [0.25, 0.3) is 5.91 Å². The van der Waals surface area contributed by atoms with E-state index in [9.17, 15) is 9.90 Å². The molecule has 7 heteroatoms. The average molecular weight is 369 g/mol. The van der Waals surface area contributed by atoms with Crippen molar-refractivity contribution < 1.29 is 14.6 Å². The van der Waals surface area contributed by atoms with E-state index in [1.165, 1.54) is 0 Å². The molecule has 0 aliphatic carbocycles. The summed E-state index contributed by atoms with van der Waals surface area (Å²) in [5.74, 6) is -0.318. The SMILES string of the molecule is Cc1cccc(C(=O)Nc2ccc3nc(N4CCOCC4)sc3c2)c1O. The second kappa shape index (κ2) is 6.93. The van der Waals surface area contributed by atoms with Crippen molar-refractivity contribution in [3.05, 3.63) is 47.5 Å². The van der Waals surface area contributed by atoms with E-state index in [1.54, 1.807) is 36.5 Å². The number of morpholine rings is 1. The molecule has 0 spiro atoms. The number of rotatable bonds is 3. The first kappa shape index (κ1) is 16.8. The van der Waals surface area contributed by atoms with E-state index < -0.39 is 0 Å². The van der Waals surface area contributed by atoms with Gasteiger partial charge in [-0.1, -0.05) is 23.5 Å². The molecule has 1 fully saturated rings. The maximum Gasteiger partial charge on any atom is 0.259 e. The minimum Gasteiger partial charge on any atom is -0.507 e. The molecule has 6 nitrogen and oxygen atoms in total. The molecule has 1 aromatic heterocycles. The molecule has 0 radical (unpaired) electrons. The van der Waals surface area contributed by atoms with Gasteiger partial charge >= 0.3 is 0 Å². The highest BCUT2D eigenvalue weighted by Gasteiger charge is 2.16. The number of ether oxygens (including phenoxy) is 1. The van der Waals surface area contributed by atoms with Crippen LogP contribution in [0, 0.1) is 6.92 Å². The summed E-state index contributed by atoms with van der Waals surface area (Å²) in [6.07, 6.45) is 0. The van der Waals surface area contributed by atoms with E-state index in [0.29, 0.717) is 11.3 Å². The number of aromatic nitrogens is 1. The van der Waals surface area contributed by atoms with E-state index in [2.05, 4.69) is 15.2 Å². The standard InChI is InChI=1S/C19H19N3O3S/c1-12-3-2-4-14(17(12)23)18(24)20-13-5-6-15-16(11-13)26-19(21-15)22-7-9-25-10-8-22/h2-6,11,23H,7-10H2,1H3,(H,20,24). The fourth-order valence-electron chi connectivity index (χ4n) is 2.92. The van der Waals surface area contributed by atoms with Crippen molar-refractivity contribution in [2.24, 2.45) is 0 Å². The van der Waals surface area contributed by atoms with E-state index in [0.717, 1.165) is 41.7 Å². The number of nitrogens with zero attached hydrogens (tertiary/aromatic N) is 2. The number of phenolic OH excluding ortho intramolecular Hbond substituents is 1. The summed E-state index contributed by atoms with van der Waals surface area (Å²) in [4.78, 5) is 19.4. The molecule has 1 amide bonds. The van der Waals surface area contributed by atoms with Crippen molar-refractivity contribution in [2.75, 3.05) is 36.5 Å². The van der Waals surface area contributed by atoms with Gasteiger partial charge in [0.2, 0.25) is 0 Å². The zero-order valence-electron chi connectivity index (χ0n) is 14.4. The lowest BCUT2D eigenvalue weighted by Crippen LogP contribution is -2.36. The van der Waals surface area contributed by atoms with Crippen LogP contribution in [0.15, 0.2) is 36.4 Å². The Morgan fingerprint density at radius 1 is 1.27 bits per heavy atom. The second-order valence-corrected chi connectivity index (χ2v) is 7.21. The van der Waals surface area contributed by atoms with Crippen LogP contribution < -0.4 is 10.2 Å². The van der Waals surface area contributed by atoms with Gasteiger partial charge in [0, 0.05) is 18.8 Å². The number of carbonyl (C=O) groups excluding carboxylic acids is 1. The molecule has 0 atom stereocenters. The lowest BCUT2D eigenvalue weighted by Gasteiger charge is -2.25. The van der Waals surface area contributed by atoms with Gasteiger partial charge in [-0.05, 0) is 36.8 Å². The van der Waals surface area contributed by atoms with Gasteiger partial charge in [-0.25, -0.2) is 4.98 Å². The number of benzene rings is 2. The molecule has 3 aromatic rings. The monoisotopic (exact) mass is 369 g/mol. The van der Waals surface area contributed by atoms with Crippen molar-refractivity contribution >= 4 is 38.3 Å². The van der Waals surface area contributed by atoms with Crippen LogP contribution in [0.25, 0.3) is 10.2 Å². The number of hydrogen-bond donors (Lipinski definition) is 2. The largest absolute Gasteiger partial charge is 0.507 e. The van der Waals surface area contributed by atoms with E-state index in [-0.39, 0.29) is 17.2 Å². The van der Waals surface area contributed by atoms with E-state index >= 15 is 0 Å². The molecular weight excluding hydrogens is 350 g/mol. The summed E-state index contributed by atoms with van der Waals surface area (Å²) in [6.45, 7) is 4.89. The lowest BCUT2D eigenvalue weighted by atomic mass is 10.1. The highest BCUT2D eigenvalue weighted by atomic mass is 32.1. The molecule has 2 aromatic carbocycles. The molecule has 4 rings (SSSR count). The number of thiazole rings is 1. The van der Waals surface area contributed by atoms with Gasteiger partial charge in [-0.15, -0.1) is 0 Å². The summed E-state index contributed by atoms with van der Waals surface area (Å²) >= 11 is 1.61. The zero-order valence-corrected chi connectivity index (χ0v) is 15.2. The molecule has 1 saturated heterocycles. The maximum absolute atomic E-state index is 12.5. The first-order valence-corrected chi connectivity index (χ1v) is 9.27. The fourth-order valence-corrected chi connectivity index (χ4v) is 3.98. The van der Waals surface area contributed by atoms with Gasteiger partial charge < -0.3 is 20.1 Å². The number of phenols is 1. The molecular formula is C19H19N3O3S. The maximum atomic E-state index is 12.5. The minimum atomic E-state index is -0.330. The van der Waals surface area contributed by atoms with E-state index in [1.807, 2.05) is 18.2 Å². The smallest absolute Gasteiger partial charge is 0.259 e. The van der Waals surface area contributed by atoms with Crippen molar-refractivity contribution in [3.8, 4) is 5.75 Å². The Labute approximate surface area is 155 Å². The molecule has 26 heavy (non-hydrogen) atoms. The Balaban J connectivity index is 1.57. The summed E-state index contributed by atoms with van der Waals surface area (Å²) in [6, 6.07) is 10.8. The van der Waals surface area contributed by atoms with Crippen molar-refractivity contribution in [1.29, 1.82) is 0 Å². The zero-order chi connectivity index (χ0) is 18.1. The Bertz CT molecular complexity index is 964. The third-order valence-corrected chi connectivity index (χ3v) is 5.48. The van der Waals surface area contributed by atoms with Crippen LogP contribution in [0.4, 0.5) is 10.8 Å². The van der Waals surface area contributed by atoms with E-state index in [4.69, 9.17) is 4.74 Å². The van der Waals surface area contributed by atoms with Crippen LogP contribution in [0.3, 0.4) is 0 Å². The third kappa shape index (κ3) is 3.23. The number of aryl methyl sites for hydroxylation is 1. The Morgan fingerprint density at radius 2 is 2.08 bits per heavy atom. The van der Waals surface area contributed by atoms with Crippen molar-refractivity contribution in [1.82, 2.24) is 4.98 Å². The van der Waals surface area contributed by atoms with Crippen LogP contribution in [-0.4, -0.2) is 42.3 Å². The predicted octanol–water partition coefficient (Wildman–Crippen LogP) is 3.40. The molecule has 2 heterocycles.